The van der Waals surface area contributed by atoms with Crippen LogP contribution in [0.25, 0.3) is 0 Å². The van der Waals surface area contributed by atoms with E-state index in [0.29, 0.717) is 42.4 Å². The maximum absolute atomic E-state index is 13.6. The number of nitrogens with one attached hydrogen (secondary N) is 1. The highest BCUT2D eigenvalue weighted by Crippen LogP contribution is 2.26. The first-order valence-corrected chi connectivity index (χ1v) is 7.12. The fourth-order valence-electron chi connectivity index (χ4n) is 2.04. The SMILES string of the molecule is COc1cc(OCCNCc2ccc(C)cc2F)ccc1N. The molecule has 118 valence electrons. The molecule has 3 N–H and O–H groups in total. The van der Waals surface area contributed by atoms with Crippen LogP contribution in [0.2, 0.25) is 0 Å². The highest BCUT2D eigenvalue weighted by molar-refractivity contribution is 5.55. The van der Waals surface area contributed by atoms with E-state index in [1.807, 2.05) is 13.0 Å². The number of benzene rings is 2. The Balaban J connectivity index is 1.75. The van der Waals surface area contributed by atoms with Crippen LogP contribution in [0.5, 0.6) is 11.5 Å². The lowest BCUT2D eigenvalue weighted by molar-refractivity contribution is 0.311. The van der Waals surface area contributed by atoms with Gasteiger partial charge in [-0.2, -0.15) is 0 Å². The smallest absolute Gasteiger partial charge is 0.145 e. The van der Waals surface area contributed by atoms with E-state index < -0.39 is 0 Å². The van der Waals surface area contributed by atoms with Crippen LogP contribution in [0.15, 0.2) is 36.4 Å². The zero-order valence-corrected chi connectivity index (χ0v) is 12.9. The topological polar surface area (TPSA) is 56.5 Å². The van der Waals surface area contributed by atoms with Crippen molar-refractivity contribution in [2.24, 2.45) is 0 Å². The van der Waals surface area contributed by atoms with Crippen LogP contribution >= 0.6 is 0 Å². The Hall–Kier alpha value is -2.27. The predicted molar refractivity (Wildman–Crippen MR) is 85.7 cm³/mol. The van der Waals surface area contributed by atoms with Crippen molar-refractivity contribution in [1.29, 1.82) is 0 Å². The zero-order chi connectivity index (χ0) is 15.9. The molecule has 5 heteroatoms. The Kier molecular flexibility index (Phi) is 5.61. The summed E-state index contributed by atoms with van der Waals surface area (Å²) in [5.41, 5.74) is 7.88. The van der Waals surface area contributed by atoms with Gasteiger partial charge in [-0.25, -0.2) is 4.39 Å². The molecule has 0 aromatic heterocycles. The van der Waals surface area contributed by atoms with Crippen molar-refractivity contribution in [1.82, 2.24) is 5.32 Å². The monoisotopic (exact) mass is 304 g/mol. The van der Waals surface area contributed by atoms with Gasteiger partial charge in [-0.1, -0.05) is 12.1 Å². The number of rotatable bonds is 7. The van der Waals surface area contributed by atoms with Gasteiger partial charge in [0.05, 0.1) is 12.8 Å². The maximum atomic E-state index is 13.6. The van der Waals surface area contributed by atoms with Gasteiger partial charge in [0.25, 0.3) is 0 Å². The van der Waals surface area contributed by atoms with Crippen molar-refractivity contribution in [3.8, 4) is 11.5 Å². The second-order valence-electron chi connectivity index (χ2n) is 5.02. The quantitative estimate of drug-likeness (QED) is 0.610. The fourth-order valence-corrected chi connectivity index (χ4v) is 2.04. The third kappa shape index (κ3) is 4.36. The minimum atomic E-state index is -0.184. The molecule has 2 aromatic carbocycles. The number of hydrogen-bond donors (Lipinski definition) is 2. The number of hydrogen-bond acceptors (Lipinski definition) is 4. The van der Waals surface area contributed by atoms with Crippen LogP contribution < -0.4 is 20.5 Å². The van der Waals surface area contributed by atoms with E-state index in [4.69, 9.17) is 15.2 Å². The van der Waals surface area contributed by atoms with E-state index in [1.165, 1.54) is 6.07 Å². The van der Waals surface area contributed by atoms with Gasteiger partial charge in [-0.3, -0.25) is 0 Å². The van der Waals surface area contributed by atoms with Gasteiger partial charge in [0, 0.05) is 24.7 Å². The van der Waals surface area contributed by atoms with Crippen LogP contribution in [-0.4, -0.2) is 20.3 Å². The van der Waals surface area contributed by atoms with Gasteiger partial charge in [-0.05, 0) is 30.7 Å². The lowest BCUT2D eigenvalue weighted by atomic mass is 10.1. The lowest BCUT2D eigenvalue weighted by Crippen LogP contribution is -2.21. The standard InChI is InChI=1S/C17H21FN2O2/c1-12-3-4-13(15(18)9-12)11-20-7-8-22-14-5-6-16(19)17(10-14)21-2/h3-6,9-10,20H,7-8,11,19H2,1-2H3. The first-order chi connectivity index (χ1) is 10.6. The molecule has 0 amide bonds. The zero-order valence-electron chi connectivity index (χ0n) is 12.9. The summed E-state index contributed by atoms with van der Waals surface area (Å²) in [5.74, 6) is 1.10. The van der Waals surface area contributed by atoms with E-state index in [0.717, 1.165) is 5.56 Å². The Morgan fingerprint density at radius 1 is 1.18 bits per heavy atom. The number of methoxy groups -OCH3 is 1. The van der Waals surface area contributed by atoms with Crippen LogP contribution in [-0.2, 0) is 6.54 Å². The molecule has 0 saturated carbocycles. The van der Waals surface area contributed by atoms with E-state index in [2.05, 4.69) is 5.32 Å². The maximum Gasteiger partial charge on any atom is 0.145 e. The first-order valence-electron chi connectivity index (χ1n) is 7.12. The molecule has 0 saturated heterocycles. The van der Waals surface area contributed by atoms with Gasteiger partial charge < -0.3 is 20.5 Å². The third-order valence-electron chi connectivity index (χ3n) is 3.28. The summed E-state index contributed by atoms with van der Waals surface area (Å²) in [5, 5.41) is 3.15. The molecule has 0 unspecified atom stereocenters. The van der Waals surface area contributed by atoms with Crippen molar-refractivity contribution >= 4 is 5.69 Å². The highest BCUT2D eigenvalue weighted by Gasteiger charge is 2.03. The summed E-state index contributed by atoms with van der Waals surface area (Å²) in [7, 11) is 1.56. The van der Waals surface area contributed by atoms with E-state index >= 15 is 0 Å². The average Bonchev–Trinajstić information content (AvgIpc) is 2.50. The van der Waals surface area contributed by atoms with Crippen molar-refractivity contribution < 1.29 is 13.9 Å². The molecule has 0 bridgehead atoms. The minimum absolute atomic E-state index is 0.184. The number of halogens is 1. The molecule has 0 spiro atoms. The van der Waals surface area contributed by atoms with Gasteiger partial charge in [-0.15, -0.1) is 0 Å². The summed E-state index contributed by atoms with van der Waals surface area (Å²) in [6.45, 7) is 3.43. The molecule has 0 aliphatic carbocycles. The number of anilines is 1. The van der Waals surface area contributed by atoms with Gasteiger partial charge in [0.15, 0.2) is 0 Å². The van der Waals surface area contributed by atoms with E-state index in [-0.39, 0.29) is 5.82 Å². The van der Waals surface area contributed by atoms with Crippen LogP contribution in [0.4, 0.5) is 10.1 Å². The predicted octanol–water partition coefficient (Wildman–Crippen LogP) is 2.89. The van der Waals surface area contributed by atoms with E-state index in [1.54, 1.807) is 31.4 Å². The minimum Gasteiger partial charge on any atom is -0.494 e. The largest absolute Gasteiger partial charge is 0.494 e. The summed E-state index contributed by atoms with van der Waals surface area (Å²) in [4.78, 5) is 0. The Bertz CT molecular complexity index is 632. The summed E-state index contributed by atoms with van der Waals surface area (Å²) >= 11 is 0. The Labute approximate surface area is 130 Å². The number of ether oxygens (including phenoxy) is 2. The second kappa shape index (κ2) is 7.66. The van der Waals surface area contributed by atoms with Crippen molar-refractivity contribution in [3.63, 3.8) is 0 Å². The molecular weight excluding hydrogens is 283 g/mol. The third-order valence-corrected chi connectivity index (χ3v) is 3.28. The summed E-state index contributed by atoms with van der Waals surface area (Å²) in [6.07, 6.45) is 0. The van der Waals surface area contributed by atoms with Crippen LogP contribution in [0, 0.1) is 12.7 Å². The van der Waals surface area contributed by atoms with Gasteiger partial charge in [0.1, 0.15) is 23.9 Å². The average molecular weight is 304 g/mol. The van der Waals surface area contributed by atoms with Crippen molar-refractivity contribution in [2.45, 2.75) is 13.5 Å². The Morgan fingerprint density at radius 2 is 2.00 bits per heavy atom. The van der Waals surface area contributed by atoms with Crippen molar-refractivity contribution in [3.05, 3.63) is 53.3 Å². The molecule has 0 radical (unpaired) electrons. The molecule has 2 aromatic rings. The highest BCUT2D eigenvalue weighted by atomic mass is 19.1. The molecular formula is C17H21FN2O2. The second-order valence-corrected chi connectivity index (χ2v) is 5.02. The lowest BCUT2D eigenvalue weighted by Gasteiger charge is -2.10. The number of aryl methyl sites for hydroxylation is 1. The normalized spacial score (nSPS) is 10.5. The Morgan fingerprint density at radius 3 is 2.73 bits per heavy atom. The van der Waals surface area contributed by atoms with Crippen molar-refractivity contribution in [2.75, 3.05) is 26.0 Å². The van der Waals surface area contributed by atoms with E-state index in [9.17, 15) is 4.39 Å². The van der Waals surface area contributed by atoms with Gasteiger partial charge >= 0.3 is 0 Å². The first kappa shape index (κ1) is 16.1. The summed E-state index contributed by atoms with van der Waals surface area (Å²) in [6, 6.07) is 10.5. The van der Waals surface area contributed by atoms with Crippen LogP contribution in [0.1, 0.15) is 11.1 Å². The fraction of sp³-hybridized carbons (Fsp3) is 0.294. The molecule has 2 rings (SSSR count). The molecule has 4 nitrogen and oxygen atoms in total. The molecule has 0 aliphatic rings. The molecule has 0 atom stereocenters. The number of nitrogens with two attached hydrogens (primary N) is 1. The summed E-state index contributed by atoms with van der Waals surface area (Å²) < 4.78 is 24.4. The number of nitrogen functional groups attached to an aromatic ring is 1. The molecule has 22 heavy (non-hydrogen) atoms. The van der Waals surface area contributed by atoms with Crippen LogP contribution in [0.3, 0.4) is 0 Å². The van der Waals surface area contributed by atoms with Gasteiger partial charge in [0.2, 0.25) is 0 Å². The molecule has 0 heterocycles. The molecule has 0 fully saturated rings. The molecule has 0 aliphatic heterocycles.